The van der Waals surface area contributed by atoms with Gasteiger partial charge in [0, 0.05) is 12.8 Å². The highest BCUT2D eigenvalue weighted by molar-refractivity contribution is 7.47. The van der Waals surface area contributed by atoms with Crippen molar-refractivity contribution in [3.05, 3.63) is 12.2 Å². The summed E-state index contributed by atoms with van der Waals surface area (Å²) >= 11 is 0. The maximum atomic E-state index is 12.6. The number of carbonyl (C=O) groups excluding carboxylic acids is 2. The molecule has 294 valence electrons. The van der Waals surface area contributed by atoms with Crippen LogP contribution in [0.25, 0.3) is 0 Å². The second kappa shape index (κ2) is 34.3. The number of carboxylic acids is 1. The average molecular weight is 734 g/mol. The van der Waals surface area contributed by atoms with Crippen molar-refractivity contribution >= 4 is 25.7 Å². The maximum absolute atomic E-state index is 12.6. The van der Waals surface area contributed by atoms with E-state index in [0.29, 0.717) is 12.8 Å². The molecule has 0 aliphatic rings. The molecule has 0 rings (SSSR count). The van der Waals surface area contributed by atoms with Gasteiger partial charge in [-0.05, 0) is 38.5 Å². The molecule has 0 aromatic rings. The Balaban J connectivity index is 4.36. The zero-order chi connectivity index (χ0) is 37.1. The summed E-state index contributed by atoms with van der Waals surface area (Å²) in [4.78, 5) is 45.7. The number of carboxylic acid groups (broad SMARTS) is 1. The molecule has 0 radical (unpaired) electrons. The van der Waals surface area contributed by atoms with E-state index in [1.54, 1.807) is 0 Å². The van der Waals surface area contributed by atoms with Crippen molar-refractivity contribution in [3.63, 3.8) is 0 Å². The van der Waals surface area contributed by atoms with Gasteiger partial charge in [0.2, 0.25) is 0 Å². The van der Waals surface area contributed by atoms with Crippen LogP contribution in [0, 0.1) is 0 Å². The first-order valence-corrected chi connectivity index (χ1v) is 21.2. The monoisotopic (exact) mass is 733 g/mol. The number of ether oxygens (including phenoxy) is 2. The molecule has 0 aliphatic carbocycles. The van der Waals surface area contributed by atoms with Gasteiger partial charge < -0.3 is 25.2 Å². The van der Waals surface area contributed by atoms with Crippen molar-refractivity contribution in [1.82, 2.24) is 0 Å². The van der Waals surface area contributed by atoms with E-state index in [0.717, 1.165) is 38.5 Å². The van der Waals surface area contributed by atoms with Crippen molar-refractivity contribution < 1.29 is 47.5 Å². The Kier molecular flexibility index (Phi) is 33.1. The number of unbranched alkanes of at least 4 members (excludes halogenated alkanes) is 21. The highest BCUT2D eigenvalue weighted by Gasteiger charge is 2.28. The van der Waals surface area contributed by atoms with E-state index in [-0.39, 0.29) is 19.4 Å². The largest absolute Gasteiger partial charge is 0.480 e. The average Bonchev–Trinajstić information content (AvgIpc) is 3.09. The molecule has 0 aliphatic heterocycles. The minimum Gasteiger partial charge on any atom is -0.480 e. The highest BCUT2D eigenvalue weighted by Crippen LogP contribution is 2.43. The maximum Gasteiger partial charge on any atom is 0.472 e. The van der Waals surface area contributed by atoms with Gasteiger partial charge in [-0.25, -0.2) is 4.57 Å². The first kappa shape index (κ1) is 48.2. The van der Waals surface area contributed by atoms with Crippen molar-refractivity contribution in [1.29, 1.82) is 0 Å². The second-order valence-electron chi connectivity index (χ2n) is 13.4. The summed E-state index contributed by atoms with van der Waals surface area (Å²) in [6.45, 7) is 2.76. The molecule has 0 spiro atoms. The zero-order valence-electron chi connectivity index (χ0n) is 31.5. The third-order valence-electron chi connectivity index (χ3n) is 8.51. The highest BCUT2D eigenvalue weighted by atomic mass is 31.2. The fraction of sp³-hybridized carbons (Fsp3) is 0.868. The Morgan fingerprint density at radius 2 is 1.00 bits per heavy atom. The van der Waals surface area contributed by atoms with E-state index >= 15 is 0 Å². The van der Waals surface area contributed by atoms with Crippen LogP contribution in [0.3, 0.4) is 0 Å². The molecule has 0 aromatic carbocycles. The van der Waals surface area contributed by atoms with Crippen LogP contribution < -0.4 is 5.73 Å². The first-order valence-electron chi connectivity index (χ1n) is 19.7. The second-order valence-corrected chi connectivity index (χ2v) is 14.9. The SMILES string of the molecule is CCCCCC/C=C/CCCCCCCCCCCC(=O)O[C@@H](COC(=O)CCCCCCCCCCC)COP(=O)(O)OC[C@H](N)C(=O)O. The van der Waals surface area contributed by atoms with Gasteiger partial charge in [-0.15, -0.1) is 0 Å². The third-order valence-corrected chi connectivity index (χ3v) is 9.46. The van der Waals surface area contributed by atoms with E-state index in [1.807, 2.05) is 0 Å². The minimum atomic E-state index is -4.70. The molecule has 0 bridgehead atoms. The lowest BCUT2D eigenvalue weighted by Gasteiger charge is -2.20. The van der Waals surface area contributed by atoms with Gasteiger partial charge in [0.05, 0.1) is 13.2 Å². The van der Waals surface area contributed by atoms with Gasteiger partial charge >= 0.3 is 25.7 Å². The van der Waals surface area contributed by atoms with E-state index in [9.17, 15) is 23.8 Å². The number of phosphoric ester groups is 1. The molecule has 12 heteroatoms. The molecule has 1 unspecified atom stereocenters. The summed E-state index contributed by atoms with van der Waals surface area (Å²) in [5, 5.41) is 8.85. The van der Waals surface area contributed by atoms with E-state index in [2.05, 4.69) is 30.5 Å². The van der Waals surface area contributed by atoms with Gasteiger partial charge in [0.15, 0.2) is 6.10 Å². The molecule has 0 saturated carbocycles. The van der Waals surface area contributed by atoms with Gasteiger partial charge in [0.25, 0.3) is 0 Å². The van der Waals surface area contributed by atoms with E-state index in [4.69, 9.17) is 24.8 Å². The molecule has 0 aromatic heterocycles. The minimum absolute atomic E-state index is 0.162. The normalized spacial score (nSPS) is 14.0. The molecule has 4 N–H and O–H groups in total. The Bertz CT molecular complexity index is 916. The third kappa shape index (κ3) is 33.4. The summed E-state index contributed by atoms with van der Waals surface area (Å²) in [5.74, 6) is -2.38. The Hall–Kier alpha value is -1.78. The molecular formula is C38H72NO10P. The number of hydrogen-bond donors (Lipinski definition) is 3. The molecule has 0 fully saturated rings. The fourth-order valence-corrected chi connectivity index (χ4v) is 6.13. The summed E-state index contributed by atoms with van der Waals surface area (Å²) in [5.41, 5.74) is 5.31. The molecule has 3 atom stereocenters. The first-order chi connectivity index (χ1) is 24.1. The van der Waals surface area contributed by atoms with Crippen LogP contribution in [0.2, 0.25) is 0 Å². The lowest BCUT2D eigenvalue weighted by atomic mass is 10.1. The van der Waals surface area contributed by atoms with Crippen LogP contribution in [-0.4, -0.2) is 59.9 Å². The Morgan fingerprint density at radius 1 is 0.600 bits per heavy atom. The van der Waals surface area contributed by atoms with Crippen LogP contribution in [0.1, 0.15) is 181 Å². The number of phosphoric acid groups is 1. The van der Waals surface area contributed by atoms with Crippen molar-refractivity contribution in [3.8, 4) is 0 Å². The van der Waals surface area contributed by atoms with Crippen LogP contribution in [-0.2, 0) is 37.5 Å². The molecular weight excluding hydrogens is 661 g/mol. The lowest BCUT2D eigenvalue weighted by molar-refractivity contribution is -0.161. The number of hydrogen-bond acceptors (Lipinski definition) is 9. The Labute approximate surface area is 303 Å². The van der Waals surface area contributed by atoms with Crippen molar-refractivity contribution in [2.75, 3.05) is 19.8 Å². The molecule has 11 nitrogen and oxygen atoms in total. The summed E-state index contributed by atoms with van der Waals surface area (Å²) < 4.78 is 32.5. The number of esters is 2. The van der Waals surface area contributed by atoms with Crippen LogP contribution in [0.15, 0.2) is 12.2 Å². The van der Waals surface area contributed by atoms with E-state index in [1.165, 1.54) is 103 Å². The van der Waals surface area contributed by atoms with Gasteiger partial charge in [-0.2, -0.15) is 0 Å². The number of allylic oxidation sites excluding steroid dienone is 2. The predicted molar refractivity (Wildman–Crippen MR) is 199 cm³/mol. The summed E-state index contributed by atoms with van der Waals surface area (Å²) in [7, 11) is -4.70. The Morgan fingerprint density at radius 3 is 1.48 bits per heavy atom. The van der Waals surface area contributed by atoms with Crippen molar-refractivity contribution in [2.45, 2.75) is 193 Å². The van der Waals surface area contributed by atoms with Crippen molar-refractivity contribution in [2.24, 2.45) is 5.73 Å². The number of aliphatic carboxylic acids is 1. The van der Waals surface area contributed by atoms with E-state index < -0.39 is 51.1 Å². The standard InChI is InChI=1S/C38H72NO10P/c1-3-5-7-9-11-13-14-15-16-17-18-19-20-22-24-26-28-30-37(41)49-34(32-47-50(44,45)48-33-35(39)38(42)43)31-46-36(40)29-27-25-23-21-12-10-8-6-4-2/h13-14,34-35H,3-12,15-33,39H2,1-2H3,(H,42,43)(H,44,45)/b14-13+/t34-,35-/m0/s1. The van der Waals surface area contributed by atoms with Crippen LogP contribution in [0.4, 0.5) is 0 Å². The molecule has 50 heavy (non-hydrogen) atoms. The fourth-order valence-electron chi connectivity index (χ4n) is 5.35. The van der Waals surface area contributed by atoms with Gasteiger partial charge in [0.1, 0.15) is 12.6 Å². The summed E-state index contributed by atoms with van der Waals surface area (Å²) in [6.07, 6.45) is 31.4. The quantitative estimate of drug-likeness (QED) is 0.0240. The summed E-state index contributed by atoms with van der Waals surface area (Å²) in [6, 6.07) is -1.52. The number of rotatable bonds is 37. The molecule has 0 heterocycles. The lowest BCUT2D eigenvalue weighted by Crippen LogP contribution is -2.34. The smallest absolute Gasteiger partial charge is 0.472 e. The van der Waals surface area contributed by atoms with Gasteiger partial charge in [-0.1, -0.05) is 142 Å². The van der Waals surface area contributed by atoms with Crippen LogP contribution >= 0.6 is 7.82 Å². The predicted octanol–water partition coefficient (Wildman–Crippen LogP) is 9.73. The molecule has 0 amide bonds. The van der Waals surface area contributed by atoms with Gasteiger partial charge in [-0.3, -0.25) is 23.4 Å². The molecule has 0 saturated heterocycles. The zero-order valence-corrected chi connectivity index (χ0v) is 32.4. The number of nitrogens with two attached hydrogens (primary N) is 1. The topological polar surface area (TPSA) is 172 Å². The number of carbonyl (C=O) groups is 3. The van der Waals surface area contributed by atoms with Crippen LogP contribution in [0.5, 0.6) is 0 Å².